The molecular formula is C12H22N2O. The van der Waals surface area contributed by atoms with Crippen LogP contribution in [0.4, 0.5) is 0 Å². The van der Waals surface area contributed by atoms with Gasteiger partial charge in [-0.25, -0.2) is 0 Å². The third kappa shape index (κ3) is 2.71. The van der Waals surface area contributed by atoms with E-state index in [2.05, 4.69) is 0 Å². The molecule has 2 N–H and O–H groups in total. The monoisotopic (exact) mass is 210 g/mol. The number of nitrogens with two attached hydrogens (primary N) is 1. The quantitative estimate of drug-likeness (QED) is 0.762. The summed E-state index contributed by atoms with van der Waals surface area (Å²) in [5.74, 6) is 1.76. The number of carbonyl (C=O) groups excluding carboxylic acids is 1. The van der Waals surface area contributed by atoms with Crippen LogP contribution in [0.1, 0.15) is 38.5 Å². The number of carbonyl (C=O) groups is 1. The summed E-state index contributed by atoms with van der Waals surface area (Å²) in [6.45, 7) is 2.53. The van der Waals surface area contributed by atoms with Crippen molar-refractivity contribution in [3.8, 4) is 0 Å². The average molecular weight is 210 g/mol. The molecule has 0 spiro atoms. The molecule has 1 aliphatic heterocycles. The number of likely N-dealkylation sites (tertiary alicyclic amines) is 1. The molecule has 1 saturated carbocycles. The van der Waals surface area contributed by atoms with Gasteiger partial charge >= 0.3 is 0 Å². The largest absolute Gasteiger partial charge is 0.342 e. The Labute approximate surface area is 92.0 Å². The molecule has 0 bridgehead atoms. The summed E-state index contributed by atoms with van der Waals surface area (Å²) in [6.07, 6.45) is 7.32. The molecule has 86 valence electrons. The fourth-order valence-corrected chi connectivity index (χ4v) is 2.71. The molecule has 1 aliphatic carbocycles. The van der Waals surface area contributed by atoms with E-state index in [1.54, 1.807) is 0 Å². The van der Waals surface area contributed by atoms with Gasteiger partial charge in [-0.2, -0.15) is 0 Å². The van der Waals surface area contributed by atoms with Gasteiger partial charge in [0.15, 0.2) is 0 Å². The summed E-state index contributed by atoms with van der Waals surface area (Å²) in [4.78, 5) is 13.7. The highest BCUT2D eigenvalue weighted by Gasteiger charge is 2.29. The second kappa shape index (κ2) is 4.97. The first kappa shape index (κ1) is 10.9. The van der Waals surface area contributed by atoms with E-state index in [0.29, 0.717) is 11.8 Å². The van der Waals surface area contributed by atoms with E-state index in [1.165, 1.54) is 25.7 Å². The van der Waals surface area contributed by atoms with Crippen LogP contribution in [0.5, 0.6) is 0 Å². The minimum atomic E-state index is 0.353. The summed E-state index contributed by atoms with van der Waals surface area (Å²) in [5, 5.41) is 0. The van der Waals surface area contributed by atoms with Gasteiger partial charge in [0.05, 0.1) is 0 Å². The SMILES string of the molecule is NCC1CN(C(=O)CCC2CCCC2)C1. The number of hydrogen-bond acceptors (Lipinski definition) is 2. The number of hydrogen-bond donors (Lipinski definition) is 1. The molecule has 15 heavy (non-hydrogen) atoms. The third-order valence-electron chi connectivity index (χ3n) is 3.88. The molecule has 0 radical (unpaired) electrons. The van der Waals surface area contributed by atoms with Crippen molar-refractivity contribution < 1.29 is 4.79 Å². The van der Waals surface area contributed by atoms with Gasteiger partial charge < -0.3 is 10.6 Å². The van der Waals surface area contributed by atoms with Crippen molar-refractivity contribution in [2.75, 3.05) is 19.6 Å². The molecule has 2 aliphatic rings. The molecule has 0 aromatic rings. The van der Waals surface area contributed by atoms with Gasteiger partial charge in [0.1, 0.15) is 0 Å². The Morgan fingerprint density at radius 1 is 1.20 bits per heavy atom. The van der Waals surface area contributed by atoms with E-state index in [0.717, 1.165) is 38.4 Å². The van der Waals surface area contributed by atoms with E-state index < -0.39 is 0 Å². The summed E-state index contributed by atoms with van der Waals surface area (Å²) in [6, 6.07) is 0. The van der Waals surface area contributed by atoms with Crippen molar-refractivity contribution in [2.45, 2.75) is 38.5 Å². The van der Waals surface area contributed by atoms with Gasteiger partial charge in [-0.3, -0.25) is 4.79 Å². The zero-order chi connectivity index (χ0) is 10.7. The van der Waals surface area contributed by atoms with Crippen LogP contribution in [0.3, 0.4) is 0 Å². The lowest BCUT2D eigenvalue weighted by molar-refractivity contribution is -0.137. The van der Waals surface area contributed by atoms with Crippen LogP contribution in [0.15, 0.2) is 0 Å². The standard InChI is InChI=1S/C12H22N2O/c13-7-11-8-14(9-11)12(15)6-5-10-3-1-2-4-10/h10-11H,1-9,13H2. The molecule has 0 atom stereocenters. The van der Waals surface area contributed by atoms with Crippen LogP contribution in [0, 0.1) is 11.8 Å². The van der Waals surface area contributed by atoms with Gasteiger partial charge in [0.25, 0.3) is 0 Å². The molecule has 1 amide bonds. The van der Waals surface area contributed by atoms with E-state index in [4.69, 9.17) is 5.73 Å². The lowest BCUT2D eigenvalue weighted by Gasteiger charge is -2.38. The van der Waals surface area contributed by atoms with E-state index >= 15 is 0 Å². The Morgan fingerprint density at radius 2 is 1.87 bits per heavy atom. The van der Waals surface area contributed by atoms with Gasteiger partial charge in [-0.15, -0.1) is 0 Å². The summed E-state index contributed by atoms with van der Waals surface area (Å²) in [7, 11) is 0. The fourth-order valence-electron chi connectivity index (χ4n) is 2.71. The zero-order valence-corrected chi connectivity index (χ0v) is 9.45. The van der Waals surface area contributed by atoms with Gasteiger partial charge in [-0.05, 0) is 18.9 Å². The lowest BCUT2D eigenvalue weighted by atomic mass is 9.97. The predicted octanol–water partition coefficient (Wildman–Crippen LogP) is 1.37. The Morgan fingerprint density at radius 3 is 2.47 bits per heavy atom. The van der Waals surface area contributed by atoms with Crippen molar-refractivity contribution >= 4 is 5.91 Å². The maximum Gasteiger partial charge on any atom is 0.222 e. The highest BCUT2D eigenvalue weighted by atomic mass is 16.2. The molecule has 0 aromatic heterocycles. The van der Waals surface area contributed by atoms with Crippen molar-refractivity contribution in [3.63, 3.8) is 0 Å². The van der Waals surface area contributed by atoms with Crippen LogP contribution >= 0.6 is 0 Å². The minimum Gasteiger partial charge on any atom is -0.342 e. The zero-order valence-electron chi connectivity index (χ0n) is 9.45. The highest BCUT2D eigenvalue weighted by Crippen LogP contribution is 2.29. The molecule has 3 nitrogen and oxygen atoms in total. The van der Waals surface area contributed by atoms with Crippen LogP contribution in [0.2, 0.25) is 0 Å². The van der Waals surface area contributed by atoms with E-state index in [1.807, 2.05) is 4.90 Å². The first-order valence-corrected chi connectivity index (χ1v) is 6.27. The normalized spacial score (nSPS) is 23.1. The van der Waals surface area contributed by atoms with Crippen LogP contribution < -0.4 is 5.73 Å². The summed E-state index contributed by atoms with van der Waals surface area (Å²) >= 11 is 0. The second-order valence-corrected chi connectivity index (χ2v) is 5.09. The number of rotatable bonds is 4. The average Bonchev–Trinajstić information content (AvgIpc) is 2.65. The first-order chi connectivity index (χ1) is 7.29. The molecule has 1 saturated heterocycles. The van der Waals surface area contributed by atoms with Crippen LogP contribution in [0.25, 0.3) is 0 Å². The Bertz CT molecular complexity index is 218. The van der Waals surface area contributed by atoms with Crippen molar-refractivity contribution in [3.05, 3.63) is 0 Å². The first-order valence-electron chi connectivity index (χ1n) is 6.27. The molecule has 2 rings (SSSR count). The van der Waals surface area contributed by atoms with Crippen molar-refractivity contribution in [1.29, 1.82) is 0 Å². The van der Waals surface area contributed by atoms with Crippen LogP contribution in [-0.4, -0.2) is 30.4 Å². The maximum atomic E-state index is 11.7. The van der Waals surface area contributed by atoms with Crippen molar-refractivity contribution in [1.82, 2.24) is 4.90 Å². The summed E-state index contributed by atoms with van der Waals surface area (Å²) < 4.78 is 0. The molecular weight excluding hydrogens is 188 g/mol. The second-order valence-electron chi connectivity index (χ2n) is 5.09. The van der Waals surface area contributed by atoms with Crippen molar-refractivity contribution in [2.24, 2.45) is 17.6 Å². The Kier molecular flexibility index (Phi) is 3.62. The van der Waals surface area contributed by atoms with E-state index in [9.17, 15) is 4.79 Å². The molecule has 1 heterocycles. The predicted molar refractivity (Wildman–Crippen MR) is 60.3 cm³/mol. The van der Waals surface area contributed by atoms with E-state index in [-0.39, 0.29) is 0 Å². The molecule has 0 aromatic carbocycles. The summed E-state index contributed by atoms with van der Waals surface area (Å²) in [5.41, 5.74) is 5.53. The third-order valence-corrected chi connectivity index (χ3v) is 3.88. The highest BCUT2D eigenvalue weighted by molar-refractivity contribution is 5.77. The maximum absolute atomic E-state index is 11.7. The van der Waals surface area contributed by atoms with Gasteiger partial charge in [0, 0.05) is 25.4 Å². The smallest absolute Gasteiger partial charge is 0.222 e. The molecule has 2 fully saturated rings. The molecule has 0 unspecified atom stereocenters. The topological polar surface area (TPSA) is 46.3 Å². The van der Waals surface area contributed by atoms with Gasteiger partial charge in [-0.1, -0.05) is 25.7 Å². The Hall–Kier alpha value is -0.570. The lowest BCUT2D eigenvalue weighted by Crippen LogP contribution is -2.52. The molecule has 3 heteroatoms. The van der Waals surface area contributed by atoms with Gasteiger partial charge in [0.2, 0.25) is 5.91 Å². The minimum absolute atomic E-state index is 0.353. The van der Waals surface area contributed by atoms with Crippen LogP contribution in [-0.2, 0) is 4.79 Å². The number of amides is 1. The Balaban J connectivity index is 1.61. The fraction of sp³-hybridized carbons (Fsp3) is 0.917. The number of nitrogens with zero attached hydrogens (tertiary/aromatic N) is 1.